The van der Waals surface area contributed by atoms with Crippen LogP contribution in [0.1, 0.15) is 51.4 Å². The molecule has 1 fully saturated rings. The van der Waals surface area contributed by atoms with Crippen LogP contribution in [0.3, 0.4) is 0 Å². The molecular formula is C20H28N2O3. The van der Waals surface area contributed by atoms with E-state index in [2.05, 4.69) is 0 Å². The van der Waals surface area contributed by atoms with Gasteiger partial charge in [-0.25, -0.2) is 0 Å². The van der Waals surface area contributed by atoms with Gasteiger partial charge in [0.15, 0.2) is 0 Å². The molecule has 1 heterocycles. The molecule has 1 aromatic rings. The lowest BCUT2D eigenvalue weighted by Crippen LogP contribution is -2.48. The molecule has 5 heteroatoms. The first-order chi connectivity index (χ1) is 11.4. The minimum atomic E-state index is -0.951. The monoisotopic (exact) mass is 344 g/mol. The molecule has 0 aromatic heterocycles. The molecule has 0 aliphatic carbocycles. The first kappa shape index (κ1) is 19.2. The lowest BCUT2D eigenvalue weighted by molar-refractivity contribution is -0.126. The molecule has 5 nitrogen and oxygen atoms in total. The summed E-state index contributed by atoms with van der Waals surface area (Å²) in [5.74, 6) is -0.409. The summed E-state index contributed by atoms with van der Waals surface area (Å²) in [6.07, 6.45) is 1.57. The van der Waals surface area contributed by atoms with Gasteiger partial charge in [-0.2, -0.15) is 0 Å². The van der Waals surface area contributed by atoms with Crippen molar-refractivity contribution >= 4 is 11.8 Å². The highest BCUT2D eigenvalue weighted by atomic mass is 16.3. The molecule has 136 valence electrons. The van der Waals surface area contributed by atoms with Crippen LogP contribution in [-0.2, 0) is 4.79 Å². The van der Waals surface area contributed by atoms with E-state index in [1.54, 1.807) is 61.0 Å². The molecule has 0 spiro atoms. The molecule has 1 aromatic carbocycles. The number of rotatable bonds is 3. The third kappa shape index (κ3) is 4.10. The molecule has 1 atom stereocenters. The van der Waals surface area contributed by atoms with E-state index >= 15 is 0 Å². The number of hydrogen-bond donors (Lipinski definition) is 1. The summed E-state index contributed by atoms with van der Waals surface area (Å²) in [7, 11) is 1.72. The maximum absolute atomic E-state index is 13.2. The summed E-state index contributed by atoms with van der Waals surface area (Å²) in [5, 5.41) is 10.0. The zero-order chi connectivity index (χ0) is 19.0. The Labute approximate surface area is 149 Å². The van der Waals surface area contributed by atoms with Crippen LogP contribution in [0.25, 0.3) is 0 Å². The smallest absolute Gasteiger partial charge is 0.271 e. The molecule has 1 aliphatic heterocycles. The number of carbonyl (C=O) groups is 2. The number of aliphatic hydroxyl groups is 1. The van der Waals surface area contributed by atoms with Gasteiger partial charge in [0.1, 0.15) is 11.9 Å². The minimum absolute atomic E-state index is 0.201. The summed E-state index contributed by atoms with van der Waals surface area (Å²) in [6, 6.07) is 8.96. The summed E-state index contributed by atoms with van der Waals surface area (Å²) in [4.78, 5) is 29.2. The number of likely N-dealkylation sites (N-methyl/N-ethyl adjacent to an activating group) is 1. The Morgan fingerprint density at radius 2 is 1.72 bits per heavy atom. The fourth-order valence-corrected chi connectivity index (χ4v) is 3.14. The third-order valence-corrected chi connectivity index (χ3v) is 4.22. The number of amides is 2. The second-order valence-corrected chi connectivity index (χ2v) is 8.30. The zero-order valence-corrected chi connectivity index (χ0v) is 15.9. The standard InChI is InChI=1S/C20H28N2O3/c1-19(2,3)18-21(6)17(24)15(12-13-20(4,5)25)22(18)16(23)14-10-8-7-9-11-14/h7-12,18,25H,13H2,1-6H3/b15-12+. The molecule has 0 radical (unpaired) electrons. The number of benzene rings is 1. The van der Waals surface area contributed by atoms with Crippen LogP contribution in [0.5, 0.6) is 0 Å². The Kier molecular flexibility index (Phi) is 5.09. The molecule has 1 N–H and O–H groups in total. The average molecular weight is 344 g/mol. The van der Waals surface area contributed by atoms with Gasteiger partial charge in [0, 0.05) is 18.0 Å². The molecule has 1 saturated heterocycles. The van der Waals surface area contributed by atoms with Crippen molar-refractivity contribution in [2.75, 3.05) is 7.05 Å². The summed E-state index contributed by atoms with van der Waals surface area (Å²) in [5.41, 5.74) is -0.404. The van der Waals surface area contributed by atoms with Crippen molar-refractivity contribution < 1.29 is 14.7 Å². The first-order valence-corrected chi connectivity index (χ1v) is 8.52. The van der Waals surface area contributed by atoms with E-state index in [1.807, 2.05) is 26.8 Å². The Morgan fingerprint density at radius 1 is 1.16 bits per heavy atom. The minimum Gasteiger partial charge on any atom is -0.390 e. The summed E-state index contributed by atoms with van der Waals surface area (Å²) in [6.45, 7) is 9.37. The predicted octanol–water partition coefficient (Wildman–Crippen LogP) is 3.02. The van der Waals surface area contributed by atoms with Crippen LogP contribution >= 0.6 is 0 Å². The van der Waals surface area contributed by atoms with Crippen LogP contribution in [-0.4, -0.2) is 45.5 Å². The molecule has 0 saturated carbocycles. The largest absolute Gasteiger partial charge is 0.390 e. The molecule has 2 amide bonds. The number of carbonyl (C=O) groups excluding carboxylic acids is 2. The fourth-order valence-electron chi connectivity index (χ4n) is 3.14. The van der Waals surface area contributed by atoms with E-state index in [9.17, 15) is 14.7 Å². The normalized spacial score (nSPS) is 20.5. The second kappa shape index (κ2) is 6.64. The lowest BCUT2D eigenvalue weighted by atomic mass is 9.90. The number of hydrogen-bond acceptors (Lipinski definition) is 3. The van der Waals surface area contributed by atoms with Crippen molar-refractivity contribution in [3.05, 3.63) is 47.7 Å². The molecular weight excluding hydrogens is 316 g/mol. The van der Waals surface area contributed by atoms with E-state index < -0.39 is 5.60 Å². The van der Waals surface area contributed by atoms with Crippen molar-refractivity contribution in [3.8, 4) is 0 Å². The molecule has 1 aliphatic rings. The zero-order valence-electron chi connectivity index (χ0n) is 15.9. The van der Waals surface area contributed by atoms with Gasteiger partial charge in [-0.05, 0) is 32.4 Å². The molecule has 1 unspecified atom stereocenters. The van der Waals surface area contributed by atoms with E-state index in [1.165, 1.54) is 0 Å². The molecule has 25 heavy (non-hydrogen) atoms. The van der Waals surface area contributed by atoms with Crippen LogP contribution in [0, 0.1) is 5.41 Å². The van der Waals surface area contributed by atoms with Gasteiger partial charge in [0.05, 0.1) is 5.60 Å². The van der Waals surface area contributed by atoms with Gasteiger partial charge in [0.2, 0.25) is 0 Å². The lowest BCUT2D eigenvalue weighted by Gasteiger charge is -2.37. The highest BCUT2D eigenvalue weighted by Gasteiger charge is 2.48. The molecule has 2 rings (SSSR count). The van der Waals surface area contributed by atoms with Gasteiger partial charge in [-0.1, -0.05) is 45.0 Å². The van der Waals surface area contributed by atoms with Crippen molar-refractivity contribution in [1.29, 1.82) is 0 Å². The van der Waals surface area contributed by atoms with Gasteiger partial charge in [-0.15, -0.1) is 0 Å². The Morgan fingerprint density at radius 3 is 2.20 bits per heavy atom. The highest BCUT2D eigenvalue weighted by molar-refractivity contribution is 6.05. The van der Waals surface area contributed by atoms with E-state index in [0.29, 0.717) is 11.3 Å². The van der Waals surface area contributed by atoms with Gasteiger partial charge < -0.3 is 10.0 Å². The van der Waals surface area contributed by atoms with Crippen molar-refractivity contribution in [2.24, 2.45) is 5.41 Å². The number of nitrogens with zero attached hydrogens (tertiary/aromatic N) is 2. The topological polar surface area (TPSA) is 60.9 Å². The summed E-state index contributed by atoms with van der Waals surface area (Å²) >= 11 is 0. The maximum atomic E-state index is 13.2. The van der Waals surface area contributed by atoms with Crippen LogP contribution in [0.15, 0.2) is 42.1 Å². The van der Waals surface area contributed by atoms with E-state index in [-0.39, 0.29) is 29.8 Å². The quantitative estimate of drug-likeness (QED) is 0.858. The summed E-state index contributed by atoms with van der Waals surface area (Å²) < 4.78 is 0. The fraction of sp³-hybridized carbons (Fsp3) is 0.500. The van der Waals surface area contributed by atoms with Gasteiger partial charge in [-0.3, -0.25) is 14.5 Å². The van der Waals surface area contributed by atoms with Crippen LogP contribution in [0.2, 0.25) is 0 Å². The Hall–Kier alpha value is -2.14. The predicted molar refractivity (Wildman–Crippen MR) is 97.6 cm³/mol. The second-order valence-electron chi connectivity index (χ2n) is 8.30. The highest BCUT2D eigenvalue weighted by Crippen LogP contribution is 2.37. The van der Waals surface area contributed by atoms with E-state index in [4.69, 9.17) is 0 Å². The Bertz CT molecular complexity index is 681. The SMILES string of the molecule is CN1C(=O)/C(=C\CC(C)(C)O)N(C(=O)c2ccccc2)C1C(C)(C)C. The van der Waals surface area contributed by atoms with Crippen LogP contribution < -0.4 is 0 Å². The average Bonchev–Trinajstić information content (AvgIpc) is 2.76. The maximum Gasteiger partial charge on any atom is 0.271 e. The van der Waals surface area contributed by atoms with Gasteiger partial charge >= 0.3 is 0 Å². The van der Waals surface area contributed by atoms with Crippen molar-refractivity contribution in [1.82, 2.24) is 9.80 Å². The Balaban J connectivity index is 2.53. The van der Waals surface area contributed by atoms with Crippen molar-refractivity contribution in [3.63, 3.8) is 0 Å². The van der Waals surface area contributed by atoms with Crippen molar-refractivity contribution in [2.45, 2.75) is 52.8 Å². The first-order valence-electron chi connectivity index (χ1n) is 8.52. The van der Waals surface area contributed by atoms with E-state index in [0.717, 1.165) is 0 Å². The third-order valence-electron chi connectivity index (χ3n) is 4.22. The van der Waals surface area contributed by atoms with Gasteiger partial charge in [0.25, 0.3) is 11.8 Å². The molecule has 0 bridgehead atoms. The van der Waals surface area contributed by atoms with Crippen LogP contribution in [0.4, 0.5) is 0 Å².